The van der Waals surface area contributed by atoms with Gasteiger partial charge < -0.3 is 10.3 Å². The summed E-state index contributed by atoms with van der Waals surface area (Å²) < 4.78 is 0. The highest BCUT2D eigenvalue weighted by molar-refractivity contribution is 5.85. The van der Waals surface area contributed by atoms with E-state index in [2.05, 4.69) is 52.5 Å². The molecule has 0 fully saturated rings. The molecule has 0 aliphatic carbocycles. The number of hydrogen-bond acceptors (Lipinski definition) is 2. The first kappa shape index (κ1) is 12.9. The second-order valence-electron chi connectivity index (χ2n) is 5.11. The lowest BCUT2D eigenvalue weighted by molar-refractivity contribution is 0.706. The van der Waals surface area contributed by atoms with E-state index in [1.165, 1.54) is 27.7 Å². The van der Waals surface area contributed by atoms with Gasteiger partial charge >= 0.3 is 0 Å². The summed E-state index contributed by atoms with van der Waals surface area (Å²) in [6.45, 7) is 3.04. The van der Waals surface area contributed by atoms with Crippen molar-refractivity contribution in [3.8, 4) is 0 Å². The van der Waals surface area contributed by atoms with Crippen LogP contribution in [0.5, 0.6) is 0 Å². The zero-order valence-electron chi connectivity index (χ0n) is 11.9. The third-order valence-corrected chi connectivity index (χ3v) is 3.79. The Morgan fingerprint density at radius 1 is 1.20 bits per heavy atom. The molecular formula is C17H19N3. The number of aromatic nitrogens is 2. The number of likely N-dealkylation sites (N-methyl/N-ethyl adjacent to an activating group) is 1. The Morgan fingerprint density at radius 2 is 2.05 bits per heavy atom. The van der Waals surface area contributed by atoms with Gasteiger partial charge in [-0.05, 0) is 37.2 Å². The topological polar surface area (TPSA) is 40.7 Å². The van der Waals surface area contributed by atoms with Crippen LogP contribution in [-0.4, -0.2) is 23.6 Å². The molecule has 0 bridgehead atoms. The van der Waals surface area contributed by atoms with Crippen molar-refractivity contribution >= 4 is 10.9 Å². The molecule has 2 aromatic heterocycles. The number of pyridine rings is 1. The fourth-order valence-electron chi connectivity index (χ4n) is 2.92. The van der Waals surface area contributed by atoms with Gasteiger partial charge in [-0.2, -0.15) is 0 Å². The summed E-state index contributed by atoms with van der Waals surface area (Å²) >= 11 is 0. The minimum atomic E-state index is 0.310. The summed E-state index contributed by atoms with van der Waals surface area (Å²) in [5, 5.41) is 4.60. The molecule has 102 valence electrons. The van der Waals surface area contributed by atoms with Crippen LogP contribution in [0.2, 0.25) is 0 Å². The van der Waals surface area contributed by atoms with Gasteiger partial charge in [-0.15, -0.1) is 0 Å². The van der Waals surface area contributed by atoms with E-state index in [1.54, 1.807) is 0 Å². The Labute approximate surface area is 119 Å². The van der Waals surface area contributed by atoms with E-state index in [4.69, 9.17) is 0 Å². The Hall–Kier alpha value is -2.13. The van der Waals surface area contributed by atoms with Crippen LogP contribution in [0.25, 0.3) is 10.9 Å². The molecule has 3 nitrogen and oxygen atoms in total. The normalized spacial score (nSPS) is 12.7. The number of aromatic amines is 1. The van der Waals surface area contributed by atoms with Gasteiger partial charge in [0.1, 0.15) is 0 Å². The molecule has 0 radical (unpaired) electrons. The third kappa shape index (κ3) is 2.21. The Kier molecular flexibility index (Phi) is 3.52. The first-order chi connectivity index (χ1) is 9.81. The summed E-state index contributed by atoms with van der Waals surface area (Å²) in [6, 6.07) is 12.6. The number of hydrogen-bond donors (Lipinski definition) is 2. The highest BCUT2D eigenvalue weighted by Gasteiger charge is 2.20. The van der Waals surface area contributed by atoms with Crippen LogP contribution in [-0.2, 0) is 0 Å². The number of nitrogens with zero attached hydrogens (tertiary/aromatic N) is 1. The maximum Gasteiger partial charge on any atom is 0.0459 e. The van der Waals surface area contributed by atoms with E-state index in [9.17, 15) is 0 Å². The van der Waals surface area contributed by atoms with Crippen LogP contribution in [0.15, 0.2) is 48.8 Å². The van der Waals surface area contributed by atoms with Crippen LogP contribution >= 0.6 is 0 Å². The highest BCUT2D eigenvalue weighted by Crippen LogP contribution is 2.32. The van der Waals surface area contributed by atoms with Gasteiger partial charge in [-0.3, -0.25) is 4.98 Å². The fourth-order valence-corrected chi connectivity index (χ4v) is 2.92. The first-order valence-corrected chi connectivity index (χ1v) is 6.93. The van der Waals surface area contributed by atoms with Crippen molar-refractivity contribution in [1.82, 2.24) is 15.3 Å². The molecule has 0 spiro atoms. The molecule has 0 aliphatic heterocycles. The molecular weight excluding hydrogens is 246 g/mol. The predicted octanol–water partition coefficient (Wildman–Crippen LogP) is 3.22. The molecule has 2 N–H and O–H groups in total. The van der Waals surface area contributed by atoms with Crippen molar-refractivity contribution in [1.29, 1.82) is 0 Å². The SMILES string of the molecule is CNCC(c1cccnc1)c1c(C)[nH]c2ccccc12. The standard InChI is InChI=1S/C17H19N3/c1-12-17(14-7-3-4-8-16(14)20-12)15(11-18-2)13-6-5-9-19-10-13/h3-10,15,18,20H,11H2,1-2H3. The summed E-state index contributed by atoms with van der Waals surface area (Å²) in [7, 11) is 1.99. The van der Waals surface area contributed by atoms with Crippen LogP contribution in [0.4, 0.5) is 0 Å². The number of para-hydroxylation sites is 1. The van der Waals surface area contributed by atoms with Gasteiger partial charge in [0.15, 0.2) is 0 Å². The quantitative estimate of drug-likeness (QED) is 0.760. The lowest BCUT2D eigenvalue weighted by Gasteiger charge is -2.17. The number of nitrogens with one attached hydrogen (secondary N) is 2. The molecule has 0 saturated carbocycles. The third-order valence-electron chi connectivity index (χ3n) is 3.79. The largest absolute Gasteiger partial charge is 0.358 e. The number of benzene rings is 1. The fraction of sp³-hybridized carbons (Fsp3) is 0.235. The monoisotopic (exact) mass is 265 g/mol. The lowest BCUT2D eigenvalue weighted by Crippen LogP contribution is -2.18. The molecule has 1 aromatic carbocycles. The van der Waals surface area contributed by atoms with Crippen molar-refractivity contribution < 1.29 is 0 Å². The van der Waals surface area contributed by atoms with Crippen LogP contribution in [0.3, 0.4) is 0 Å². The zero-order valence-corrected chi connectivity index (χ0v) is 11.9. The molecule has 20 heavy (non-hydrogen) atoms. The van der Waals surface area contributed by atoms with E-state index < -0.39 is 0 Å². The van der Waals surface area contributed by atoms with Crippen LogP contribution < -0.4 is 5.32 Å². The molecule has 0 saturated heterocycles. The summed E-state index contributed by atoms with van der Waals surface area (Å²) in [5.74, 6) is 0.310. The predicted molar refractivity (Wildman–Crippen MR) is 83.0 cm³/mol. The molecule has 3 aromatic rings. The number of aryl methyl sites for hydroxylation is 1. The highest BCUT2D eigenvalue weighted by atomic mass is 14.8. The first-order valence-electron chi connectivity index (χ1n) is 6.93. The van der Waals surface area contributed by atoms with E-state index >= 15 is 0 Å². The Balaban J connectivity index is 2.17. The van der Waals surface area contributed by atoms with Gasteiger partial charge in [0.05, 0.1) is 0 Å². The van der Waals surface area contributed by atoms with Crippen molar-refractivity contribution in [3.05, 3.63) is 65.6 Å². The second-order valence-corrected chi connectivity index (χ2v) is 5.11. The number of H-pyrrole nitrogens is 1. The van der Waals surface area contributed by atoms with Gasteiger partial charge in [0.25, 0.3) is 0 Å². The minimum Gasteiger partial charge on any atom is -0.358 e. The maximum absolute atomic E-state index is 4.27. The van der Waals surface area contributed by atoms with Gasteiger partial charge in [0.2, 0.25) is 0 Å². The van der Waals surface area contributed by atoms with Crippen molar-refractivity contribution in [2.75, 3.05) is 13.6 Å². The Bertz CT molecular complexity index is 701. The van der Waals surface area contributed by atoms with Crippen molar-refractivity contribution in [2.45, 2.75) is 12.8 Å². The average molecular weight is 265 g/mol. The molecule has 0 aliphatic rings. The number of rotatable bonds is 4. The molecule has 1 atom stereocenters. The zero-order chi connectivity index (χ0) is 13.9. The van der Waals surface area contributed by atoms with Gasteiger partial charge in [-0.1, -0.05) is 24.3 Å². The smallest absolute Gasteiger partial charge is 0.0459 e. The molecule has 3 rings (SSSR count). The minimum absolute atomic E-state index is 0.310. The van der Waals surface area contributed by atoms with Crippen LogP contribution in [0, 0.1) is 6.92 Å². The summed E-state index contributed by atoms with van der Waals surface area (Å²) in [4.78, 5) is 7.76. The van der Waals surface area contributed by atoms with E-state index in [-0.39, 0.29) is 0 Å². The van der Waals surface area contributed by atoms with E-state index in [1.807, 2.05) is 25.5 Å². The molecule has 0 amide bonds. The van der Waals surface area contributed by atoms with Gasteiger partial charge in [0, 0.05) is 41.5 Å². The summed E-state index contributed by atoms with van der Waals surface area (Å²) in [5.41, 5.74) is 5.04. The van der Waals surface area contributed by atoms with Crippen LogP contribution in [0.1, 0.15) is 22.7 Å². The number of fused-ring (bicyclic) bond motifs is 1. The van der Waals surface area contributed by atoms with E-state index in [0.29, 0.717) is 5.92 Å². The average Bonchev–Trinajstić information content (AvgIpc) is 2.82. The maximum atomic E-state index is 4.27. The molecule has 3 heteroatoms. The lowest BCUT2D eigenvalue weighted by atomic mass is 9.90. The Morgan fingerprint density at radius 3 is 2.80 bits per heavy atom. The van der Waals surface area contributed by atoms with Gasteiger partial charge in [-0.25, -0.2) is 0 Å². The van der Waals surface area contributed by atoms with E-state index in [0.717, 1.165) is 6.54 Å². The molecule has 2 heterocycles. The van der Waals surface area contributed by atoms with Crippen molar-refractivity contribution in [3.63, 3.8) is 0 Å². The molecule has 1 unspecified atom stereocenters. The van der Waals surface area contributed by atoms with Crippen molar-refractivity contribution in [2.24, 2.45) is 0 Å². The second kappa shape index (κ2) is 5.47. The summed E-state index contributed by atoms with van der Waals surface area (Å²) in [6.07, 6.45) is 3.78.